The molecule has 0 aromatic heterocycles. The Morgan fingerprint density at radius 1 is 0.837 bits per heavy atom. The molecule has 0 bridgehead atoms. The Bertz CT molecular complexity index is 1090. The summed E-state index contributed by atoms with van der Waals surface area (Å²) in [6.07, 6.45) is 5.19. The van der Waals surface area contributed by atoms with E-state index in [9.17, 15) is 14.4 Å². The molecule has 0 aliphatic heterocycles. The fourth-order valence-electron chi connectivity index (χ4n) is 5.62. The second kappa shape index (κ2) is 18.9. The van der Waals surface area contributed by atoms with Crippen LogP contribution in [0.1, 0.15) is 43.2 Å². The van der Waals surface area contributed by atoms with Crippen LogP contribution >= 0.6 is 0 Å². The summed E-state index contributed by atoms with van der Waals surface area (Å²) in [5.41, 5.74) is 2.31. The number of nitrogens with zero attached hydrogens (tertiary/aromatic N) is 1. The quantitative estimate of drug-likeness (QED) is 0.240. The minimum Gasteiger partial charge on any atom is -0.453 e. The molecule has 43 heavy (non-hydrogen) atoms. The second-order valence-electron chi connectivity index (χ2n) is 11.1. The van der Waals surface area contributed by atoms with Gasteiger partial charge in [0.05, 0.1) is 13.7 Å². The predicted molar refractivity (Wildman–Crippen MR) is 165 cm³/mol. The van der Waals surface area contributed by atoms with Gasteiger partial charge >= 0.3 is 6.09 Å². The molecule has 236 valence electrons. The first kappa shape index (κ1) is 34.0. The third-order valence-electron chi connectivity index (χ3n) is 7.95. The standard InChI is InChI=1S/C33H48N4O6/c1-41-30(42-2)24-37(20-19-25-13-7-4-8-14-25)23-28(21-26-15-9-5-10-16-26)35-29(38)22-34-32(39)31(36-33(40)43-3)27-17-11-6-12-18-27/h4-5,7-10,13-16,27-28,30-31H,6,11-12,17-24H2,1-3H3,(H,34,39)(H,35,38)(H,36,40)/t28-,31-/m0/s1. The van der Waals surface area contributed by atoms with Crippen molar-refractivity contribution < 1.29 is 28.6 Å². The van der Waals surface area contributed by atoms with Crippen LogP contribution in [0.15, 0.2) is 60.7 Å². The summed E-state index contributed by atoms with van der Waals surface area (Å²) in [5, 5.41) is 8.58. The Morgan fingerprint density at radius 2 is 1.47 bits per heavy atom. The summed E-state index contributed by atoms with van der Waals surface area (Å²) in [6, 6.07) is 19.3. The zero-order valence-electron chi connectivity index (χ0n) is 25.8. The van der Waals surface area contributed by atoms with Gasteiger partial charge in [0.15, 0.2) is 6.29 Å². The van der Waals surface area contributed by atoms with E-state index in [1.807, 2.05) is 48.5 Å². The molecule has 3 amide bonds. The fraction of sp³-hybridized carbons (Fsp3) is 0.545. The maximum atomic E-state index is 13.2. The monoisotopic (exact) mass is 596 g/mol. The van der Waals surface area contributed by atoms with E-state index in [1.54, 1.807) is 14.2 Å². The number of carbonyl (C=O) groups is 3. The van der Waals surface area contributed by atoms with Crippen molar-refractivity contribution in [2.24, 2.45) is 5.92 Å². The van der Waals surface area contributed by atoms with Crippen molar-refractivity contribution in [3.8, 4) is 0 Å². The largest absolute Gasteiger partial charge is 0.453 e. The Morgan fingerprint density at radius 3 is 2.07 bits per heavy atom. The number of benzene rings is 2. The molecule has 1 fully saturated rings. The van der Waals surface area contributed by atoms with E-state index in [2.05, 4.69) is 33.0 Å². The molecule has 2 aromatic rings. The topological polar surface area (TPSA) is 118 Å². The summed E-state index contributed by atoms with van der Waals surface area (Å²) in [7, 11) is 4.51. The van der Waals surface area contributed by atoms with E-state index in [4.69, 9.17) is 14.2 Å². The molecule has 2 aromatic carbocycles. The van der Waals surface area contributed by atoms with Crippen molar-refractivity contribution in [2.75, 3.05) is 47.5 Å². The molecule has 1 aliphatic carbocycles. The molecule has 0 saturated heterocycles. The highest BCUT2D eigenvalue weighted by atomic mass is 16.7. The van der Waals surface area contributed by atoms with Crippen molar-refractivity contribution in [1.29, 1.82) is 0 Å². The van der Waals surface area contributed by atoms with Crippen LogP contribution in [0, 0.1) is 5.92 Å². The summed E-state index contributed by atoms with van der Waals surface area (Å²) in [4.78, 5) is 40.6. The van der Waals surface area contributed by atoms with E-state index < -0.39 is 18.4 Å². The van der Waals surface area contributed by atoms with Gasteiger partial charge < -0.3 is 30.2 Å². The number of hydrogen-bond donors (Lipinski definition) is 3. The van der Waals surface area contributed by atoms with Gasteiger partial charge in [-0.1, -0.05) is 79.9 Å². The summed E-state index contributed by atoms with van der Waals surface area (Å²) in [5.74, 6) is -0.665. The van der Waals surface area contributed by atoms with Gasteiger partial charge in [-0.15, -0.1) is 0 Å². The van der Waals surface area contributed by atoms with Gasteiger partial charge in [-0.05, 0) is 42.7 Å². The molecule has 10 nitrogen and oxygen atoms in total. The lowest BCUT2D eigenvalue weighted by Crippen LogP contribution is -2.54. The number of rotatable bonds is 17. The zero-order chi connectivity index (χ0) is 30.9. The maximum Gasteiger partial charge on any atom is 0.407 e. The highest BCUT2D eigenvalue weighted by Crippen LogP contribution is 2.26. The number of nitrogens with one attached hydrogen (secondary N) is 3. The molecular weight excluding hydrogens is 548 g/mol. The summed E-state index contributed by atoms with van der Waals surface area (Å²) in [6.45, 7) is 1.63. The maximum absolute atomic E-state index is 13.2. The first-order valence-electron chi connectivity index (χ1n) is 15.2. The molecule has 3 N–H and O–H groups in total. The van der Waals surface area contributed by atoms with Gasteiger partial charge in [-0.2, -0.15) is 0 Å². The Balaban J connectivity index is 1.67. The summed E-state index contributed by atoms with van der Waals surface area (Å²) >= 11 is 0. The van der Waals surface area contributed by atoms with Crippen LogP contribution in [-0.2, 0) is 36.6 Å². The molecular formula is C33H48N4O6. The normalized spacial score (nSPS) is 15.1. The molecule has 0 heterocycles. The molecule has 1 aliphatic rings. The molecule has 10 heteroatoms. The average molecular weight is 597 g/mol. The number of amides is 3. The van der Waals surface area contributed by atoms with E-state index in [1.165, 1.54) is 12.7 Å². The van der Waals surface area contributed by atoms with Gasteiger partial charge in [0.25, 0.3) is 0 Å². The third kappa shape index (κ3) is 12.3. The van der Waals surface area contributed by atoms with Crippen molar-refractivity contribution in [2.45, 2.75) is 63.3 Å². The number of ether oxygens (including phenoxy) is 3. The number of methoxy groups -OCH3 is 3. The average Bonchev–Trinajstić information content (AvgIpc) is 3.04. The molecule has 2 atom stereocenters. The molecule has 0 spiro atoms. The van der Waals surface area contributed by atoms with Crippen LogP contribution in [0.25, 0.3) is 0 Å². The lowest BCUT2D eigenvalue weighted by atomic mass is 9.83. The summed E-state index contributed by atoms with van der Waals surface area (Å²) < 4.78 is 15.7. The van der Waals surface area contributed by atoms with Crippen molar-refractivity contribution in [1.82, 2.24) is 20.9 Å². The van der Waals surface area contributed by atoms with E-state index >= 15 is 0 Å². The zero-order valence-corrected chi connectivity index (χ0v) is 25.8. The SMILES string of the molecule is COC(=O)N[C@H](C(=O)NCC(=O)N[C@@H](Cc1ccccc1)CN(CCc1ccccc1)CC(OC)OC)C1CCCCC1. The van der Waals surface area contributed by atoms with Gasteiger partial charge in [0.1, 0.15) is 6.04 Å². The van der Waals surface area contributed by atoms with Crippen LogP contribution in [0.3, 0.4) is 0 Å². The van der Waals surface area contributed by atoms with Crippen LogP contribution in [0.5, 0.6) is 0 Å². The minimum absolute atomic E-state index is 0.00873. The van der Waals surface area contributed by atoms with E-state index in [0.29, 0.717) is 19.5 Å². The predicted octanol–water partition coefficient (Wildman–Crippen LogP) is 3.30. The Labute approximate surface area is 255 Å². The van der Waals surface area contributed by atoms with Gasteiger partial charge in [-0.25, -0.2) is 4.79 Å². The first-order valence-corrected chi connectivity index (χ1v) is 15.2. The third-order valence-corrected chi connectivity index (χ3v) is 7.95. The molecule has 0 radical (unpaired) electrons. The smallest absolute Gasteiger partial charge is 0.407 e. The number of alkyl carbamates (subject to hydrolysis) is 1. The Kier molecular flexibility index (Phi) is 15.0. The molecule has 1 saturated carbocycles. The number of carbonyl (C=O) groups excluding carboxylic acids is 3. The highest BCUT2D eigenvalue weighted by molar-refractivity contribution is 5.89. The van der Waals surface area contributed by atoms with Gasteiger partial charge in [-0.3, -0.25) is 14.5 Å². The first-order chi connectivity index (χ1) is 20.9. The molecule has 0 unspecified atom stereocenters. The number of hydrogen-bond acceptors (Lipinski definition) is 7. The van der Waals surface area contributed by atoms with Gasteiger partial charge in [0.2, 0.25) is 11.8 Å². The van der Waals surface area contributed by atoms with Crippen LogP contribution in [-0.4, -0.2) is 88.7 Å². The van der Waals surface area contributed by atoms with Gasteiger partial charge in [0, 0.05) is 39.9 Å². The van der Waals surface area contributed by atoms with Crippen molar-refractivity contribution in [3.63, 3.8) is 0 Å². The van der Waals surface area contributed by atoms with E-state index in [-0.39, 0.29) is 30.3 Å². The van der Waals surface area contributed by atoms with Crippen LogP contribution in [0.4, 0.5) is 4.79 Å². The lowest BCUT2D eigenvalue weighted by molar-refractivity contribution is -0.129. The van der Waals surface area contributed by atoms with Crippen molar-refractivity contribution in [3.05, 3.63) is 71.8 Å². The lowest BCUT2D eigenvalue weighted by Gasteiger charge is -2.31. The fourth-order valence-corrected chi connectivity index (χ4v) is 5.62. The van der Waals surface area contributed by atoms with E-state index in [0.717, 1.165) is 50.6 Å². The van der Waals surface area contributed by atoms with Crippen LogP contribution < -0.4 is 16.0 Å². The van der Waals surface area contributed by atoms with Crippen molar-refractivity contribution >= 4 is 17.9 Å². The Hall–Kier alpha value is -3.47. The minimum atomic E-state index is -0.742. The highest BCUT2D eigenvalue weighted by Gasteiger charge is 2.31. The second-order valence-corrected chi connectivity index (χ2v) is 11.1. The van der Waals surface area contributed by atoms with Crippen LogP contribution in [0.2, 0.25) is 0 Å². The molecule has 3 rings (SSSR count).